The van der Waals surface area contributed by atoms with Gasteiger partial charge in [-0.3, -0.25) is 4.79 Å². The Hall–Kier alpha value is -1.79. The molecular weight excluding hydrogens is 260 g/mol. The molecule has 1 unspecified atom stereocenters. The standard InChI is InChI=1S/C18H26N2O/c1-3-4-5-6-9-15(2)20-18(21)17-12-7-10-16(14-17)11-8-13-19/h7,10,12,14-15H,3-6,9,13,19H2,1-2H3,(H,20,21). The Labute approximate surface area is 128 Å². The number of hydrogen-bond donors (Lipinski definition) is 2. The number of nitrogens with two attached hydrogens (primary N) is 1. The molecule has 0 saturated carbocycles. The highest BCUT2D eigenvalue weighted by molar-refractivity contribution is 5.94. The number of rotatable bonds is 7. The van der Waals surface area contributed by atoms with Gasteiger partial charge in [-0.15, -0.1) is 0 Å². The molecule has 0 aromatic heterocycles. The average Bonchev–Trinajstić information content (AvgIpc) is 2.50. The van der Waals surface area contributed by atoms with Crippen molar-refractivity contribution >= 4 is 5.91 Å². The van der Waals surface area contributed by atoms with Crippen molar-refractivity contribution in [3.63, 3.8) is 0 Å². The lowest BCUT2D eigenvalue weighted by atomic mass is 10.1. The number of carbonyl (C=O) groups excluding carboxylic acids is 1. The summed E-state index contributed by atoms with van der Waals surface area (Å²) in [7, 11) is 0. The largest absolute Gasteiger partial charge is 0.350 e. The van der Waals surface area contributed by atoms with Crippen molar-refractivity contribution in [3.8, 4) is 11.8 Å². The molecule has 1 aromatic rings. The predicted molar refractivity (Wildman–Crippen MR) is 88.1 cm³/mol. The second-order valence-corrected chi connectivity index (χ2v) is 5.31. The minimum absolute atomic E-state index is 0.0330. The van der Waals surface area contributed by atoms with Crippen LogP contribution in [-0.2, 0) is 0 Å². The first kappa shape index (κ1) is 17.3. The first-order valence-corrected chi connectivity index (χ1v) is 7.77. The van der Waals surface area contributed by atoms with Gasteiger partial charge in [0.15, 0.2) is 0 Å². The van der Waals surface area contributed by atoms with Crippen molar-refractivity contribution in [1.82, 2.24) is 5.32 Å². The Balaban J connectivity index is 2.51. The van der Waals surface area contributed by atoms with Crippen LogP contribution in [0.5, 0.6) is 0 Å². The van der Waals surface area contributed by atoms with Crippen molar-refractivity contribution in [3.05, 3.63) is 35.4 Å². The number of nitrogens with one attached hydrogen (secondary N) is 1. The van der Waals surface area contributed by atoms with Crippen LogP contribution in [0.15, 0.2) is 24.3 Å². The fraction of sp³-hybridized carbons (Fsp3) is 0.500. The van der Waals surface area contributed by atoms with Crippen LogP contribution in [0.3, 0.4) is 0 Å². The monoisotopic (exact) mass is 286 g/mol. The van der Waals surface area contributed by atoms with E-state index >= 15 is 0 Å². The summed E-state index contributed by atoms with van der Waals surface area (Å²) in [6.45, 7) is 4.58. The molecule has 0 saturated heterocycles. The highest BCUT2D eigenvalue weighted by atomic mass is 16.1. The van der Waals surface area contributed by atoms with E-state index in [9.17, 15) is 4.79 Å². The molecule has 1 aromatic carbocycles. The smallest absolute Gasteiger partial charge is 0.251 e. The third kappa shape index (κ3) is 6.97. The summed E-state index contributed by atoms with van der Waals surface area (Å²) in [5.41, 5.74) is 6.83. The molecule has 0 aliphatic heterocycles. The Morgan fingerprint density at radius 3 is 2.86 bits per heavy atom. The molecule has 0 fully saturated rings. The van der Waals surface area contributed by atoms with Gasteiger partial charge in [0.05, 0.1) is 6.54 Å². The lowest BCUT2D eigenvalue weighted by molar-refractivity contribution is 0.0938. The highest BCUT2D eigenvalue weighted by Gasteiger charge is 2.09. The van der Waals surface area contributed by atoms with Crippen molar-refractivity contribution in [1.29, 1.82) is 0 Å². The van der Waals surface area contributed by atoms with Gasteiger partial charge < -0.3 is 11.1 Å². The molecule has 21 heavy (non-hydrogen) atoms. The fourth-order valence-electron chi connectivity index (χ4n) is 2.15. The normalized spacial score (nSPS) is 11.4. The lowest BCUT2D eigenvalue weighted by Gasteiger charge is -2.13. The topological polar surface area (TPSA) is 55.1 Å². The quantitative estimate of drug-likeness (QED) is 0.598. The number of unbranched alkanes of at least 4 members (excludes halogenated alkanes) is 3. The Bertz CT molecular complexity index is 499. The maximum Gasteiger partial charge on any atom is 0.251 e. The zero-order valence-corrected chi connectivity index (χ0v) is 13.1. The second-order valence-electron chi connectivity index (χ2n) is 5.31. The predicted octanol–water partition coefficient (Wildman–Crippen LogP) is 3.09. The van der Waals surface area contributed by atoms with Gasteiger partial charge in [-0.05, 0) is 31.5 Å². The van der Waals surface area contributed by atoms with E-state index in [0.717, 1.165) is 18.4 Å². The SMILES string of the molecule is CCCCCCC(C)NC(=O)c1cccc(C#CCN)c1. The van der Waals surface area contributed by atoms with Crippen LogP contribution in [0.2, 0.25) is 0 Å². The molecule has 0 bridgehead atoms. The summed E-state index contributed by atoms with van der Waals surface area (Å²) >= 11 is 0. The van der Waals surface area contributed by atoms with Crippen molar-refractivity contribution in [2.45, 2.75) is 52.0 Å². The van der Waals surface area contributed by atoms with E-state index in [4.69, 9.17) is 5.73 Å². The number of amides is 1. The molecule has 0 aliphatic carbocycles. The van der Waals surface area contributed by atoms with Gasteiger partial charge in [0, 0.05) is 17.2 Å². The number of carbonyl (C=O) groups is 1. The second kappa shape index (κ2) is 10.0. The third-order valence-electron chi connectivity index (χ3n) is 3.33. The lowest BCUT2D eigenvalue weighted by Crippen LogP contribution is -2.32. The van der Waals surface area contributed by atoms with Crippen LogP contribution in [0.4, 0.5) is 0 Å². The molecule has 0 heterocycles. The van der Waals surface area contributed by atoms with Crippen LogP contribution >= 0.6 is 0 Å². The van der Waals surface area contributed by atoms with E-state index in [0.29, 0.717) is 12.1 Å². The van der Waals surface area contributed by atoms with Gasteiger partial charge in [-0.2, -0.15) is 0 Å². The molecule has 3 heteroatoms. The van der Waals surface area contributed by atoms with E-state index in [2.05, 4.69) is 31.0 Å². The van der Waals surface area contributed by atoms with Gasteiger partial charge in [0.25, 0.3) is 5.91 Å². The van der Waals surface area contributed by atoms with E-state index in [-0.39, 0.29) is 11.9 Å². The van der Waals surface area contributed by atoms with Gasteiger partial charge in [-0.1, -0.05) is 50.5 Å². The van der Waals surface area contributed by atoms with Crippen molar-refractivity contribution < 1.29 is 4.79 Å². The molecule has 1 rings (SSSR count). The molecule has 1 atom stereocenters. The van der Waals surface area contributed by atoms with Gasteiger partial charge >= 0.3 is 0 Å². The number of benzene rings is 1. The van der Waals surface area contributed by atoms with Crippen molar-refractivity contribution in [2.75, 3.05) is 6.54 Å². The minimum Gasteiger partial charge on any atom is -0.350 e. The Kier molecular flexibility index (Phi) is 8.23. The molecule has 1 amide bonds. The first-order valence-electron chi connectivity index (χ1n) is 7.77. The van der Waals surface area contributed by atoms with Crippen LogP contribution < -0.4 is 11.1 Å². The van der Waals surface area contributed by atoms with E-state index < -0.39 is 0 Å². The summed E-state index contributed by atoms with van der Waals surface area (Å²) in [5, 5.41) is 3.04. The maximum atomic E-state index is 12.2. The molecule has 0 spiro atoms. The summed E-state index contributed by atoms with van der Waals surface area (Å²) in [4.78, 5) is 12.2. The minimum atomic E-state index is -0.0330. The Morgan fingerprint density at radius 1 is 1.33 bits per heavy atom. The summed E-state index contributed by atoms with van der Waals surface area (Å²) in [6, 6.07) is 7.55. The molecule has 0 aliphatic rings. The van der Waals surface area contributed by atoms with E-state index in [1.54, 1.807) is 0 Å². The molecular formula is C18H26N2O. The average molecular weight is 286 g/mol. The maximum absolute atomic E-state index is 12.2. The van der Waals surface area contributed by atoms with Crippen LogP contribution in [0, 0.1) is 11.8 Å². The summed E-state index contributed by atoms with van der Waals surface area (Å²) in [5.74, 6) is 5.71. The fourth-order valence-corrected chi connectivity index (χ4v) is 2.15. The summed E-state index contributed by atoms with van der Waals surface area (Å²) < 4.78 is 0. The zero-order chi connectivity index (χ0) is 15.5. The highest BCUT2D eigenvalue weighted by Crippen LogP contribution is 2.08. The van der Waals surface area contributed by atoms with Crippen molar-refractivity contribution in [2.24, 2.45) is 5.73 Å². The van der Waals surface area contributed by atoms with Crippen LogP contribution in [-0.4, -0.2) is 18.5 Å². The third-order valence-corrected chi connectivity index (χ3v) is 3.33. The number of hydrogen-bond acceptors (Lipinski definition) is 2. The zero-order valence-electron chi connectivity index (χ0n) is 13.1. The van der Waals surface area contributed by atoms with Crippen LogP contribution in [0.1, 0.15) is 61.9 Å². The molecule has 0 radical (unpaired) electrons. The van der Waals surface area contributed by atoms with E-state index in [1.165, 1.54) is 19.3 Å². The molecule has 3 nitrogen and oxygen atoms in total. The van der Waals surface area contributed by atoms with E-state index in [1.807, 2.05) is 24.3 Å². The van der Waals surface area contributed by atoms with Gasteiger partial charge in [0.2, 0.25) is 0 Å². The van der Waals surface area contributed by atoms with Gasteiger partial charge in [0.1, 0.15) is 0 Å². The Morgan fingerprint density at radius 2 is 2.14 bits per heavy atom. The molecule has 114 valence electrons. The first-order chi connectivity index (χ1) is 10.2. The summed E-state index contributed by atoms with van der Waals surface area (Å²) in [6.07, 6.45) is 5.93. The molecule has 3 N–H and O–H groups in total. The van der Waals surface area contributed by atoms with Gasteiger partial charge in [-0.25, -0.2) is 0 Å². The van der Waals surface area contributed by atoms with Crippen LogP contribution in [0.25, 0.3) is 0 Å².